The topological polar surface area (TPSA) is 79.5 Å². The largest absolute Gasteiger partial charge is 0.461 e. The summed E-state index contributed by atoms with van der Waals surface area (Å²) in [6.45, 7) is 6.30. The monoisotopic (exact) mass is 476 g/mol. The molecule has 0 aliphatic rings. The lowest BCUT2D eigenvalue weighted by atomic mass is 10.0. The number of nitrogens with zero attached hydrogens (tertiary/aromatic N) is 1. The Kier molecular flexibility index (Phi) is 6.75. The van der Waals surface area contributed by atoms with E-state index in [4.69, 9.17) is 4.74 Å². The number of hydrogen-bond acceptors (Lipinski definition) is 4. The molecule has 1 N–H and O–H groups in total. The van der Waals surface area contributed by atoms with Crippen molar-refractivity contribution in [1.29, 1.82) is 0 Å². The third-order valence-electron chi connectivity index (χ3n) is 5.47. The number of H-pyrrole nitrogens is 1. The molecule has 1 heterocycles. The lowest BCUT2D eigenvalue weighted by Gasteiger charge is -2.26. The Morgan fingerprint density at radius 2 is 1.62 bits per heavy atom. The van der Waals surface area contributed by atoms with Crippen LogP contribution in [0.25, 0.3) is 22.0 Å². The Morgan fingerprint density at radius 1 is 0.971 bits per heavy atom. The van der Waals surface area contributed by atoms with Gasteiger partial charge >= 0.3 is 5.97 Å². The molecule has 0 fully saturated rings. The molecule has 0 aliphatic heterocycles. The fourth-order valence-corrected chi connectivity index (χ4v) is 5.63. The van der Waals surface area contributed by atoms with E-state index < -0.39 is 16.0 Å². The van der Waals surface area contributed by atoms with Gasteiger partial charge in [0.15, 0.2) is 0 Å². The number of fused-ring (bicyclic) bond motifs is 1. The first-order chi connectivity index (χ1) is 16.3. The fourth-order valence-electron chi connectivity index (χ4n) is 3.99. The molecule has 0 unspecified atom stereocenters. The van der Waals surface area contributed by atoms with Crippen molar-refractivity contribution < 1.29 is 17.9 Å². The number of carbonyl (C=O) groups is 1. The molecule has 0 aliphatic carbocycles. The van der Waals surface area contributed by atoms with E-state index in [9.17, 15) is 13.2 Å². The minimum absolute atomic E-state index is 0.101. The summed E-state index contributed by atoms with van der Waals surface area (Å²) in [4.78, 5) is 16.2. The molecule has 176 valence electrons. The number of aromatic nitrogens is 1. The van der Waals surface area contributed by atoms with Crippen molar-refractivity contribution in [3.63, 3.8) is 0 Å². The van der Waals surface area contributed by atoms with Gasteiger partial charge in [-0.2, -0.15) is 0 Å². The number of nitrogens with one attached hydrogen (secondary N) is 1. The second-order valence-electron chi connectivity index (χ2n) is 8.43. The van der Waals surface area contributed by atoms with Crippen molar-refractivity contribution in [1.82, 2.24) is 4.98 Å². The van der Waals surface area contributed by atoms with Crippen molar-refractivity contribution in [2.24, 2.45) is 5.92 Å². The SMILES string of the molecule is CCOC(=O)c1[nH]c2ccc(N(CC(C)C)S(=O)(=O)c3ccccc3)cc2c1-c1ccccc1. The normalized spacial score (nSPS) is 11.6. The molecule has 0 radical (unpaired) electrons. The Labute approximate surface area is 200 Å². The number of rotatable bonds is 8. The second kappa shape index (κ2) is 9.73. The predicted molar refractivity (Wildman–Crippen MR) is 136 cm³/mol. The van der Waals surface area contributed by atoms with Crippen molar-refractivity contribution in [2.75, 3.05) is 17.5 Å². The van der Waals surface area contributed by atoms with Gasteiger partial charge in [-0.05, 0) is 48.7 Å². The van der Waals surface area contributed by atoms with Gasteiger partial charge in [-0.3, -0.25) is 4.31 Å². The summed E-state index contributed by atoms with van der Waals surface area (Å²) in [5.41, 5.74) is 3.15. The zero-order chi connectivity index (χ0) is 24.3. The summed E-state index contributed by atoms with van der Waals surface area (Å²) in [5.74, 6) is -0.348. The molecule has 0 bridgehead atoms. The van der Waals surface area contributed by atoms with Crippen LogP contribution >= 0.6 is 0 Å². The first kappa shape index (κ1) is 23.6. The molecular formula is C27H28N2O4S. The average molecular weight is 477 g/mol. The Morgan fingerprint density at radius 3 is 2.24 bits per heavy atom. The minimum atomic E-state index is -3.78. The van der Waals surface area contributed by atoms with Crippen molar-refractivity contribution >= 4 is 32.6 Å². The third-order valence-corrected chi connectivity index (χ3v) is 7.28. The van der Waals surface area contributed by atoms with Gasteiger partial charge in [0.1, 0.15) is 5.69 Å². The van der Waals surface area contributed by atoms with E-state index in [1.807, 2.05) is 56.3 Å². The van der Waals surface area contributed by atoms with Gasteiger partial charge in [0.25, 0.3) is 10.0 Å². The molecule has 34 heavy (non-hydrogen) atoms. The molecule has 0 saturated carbocycles. The van der Waals surface area contributed by atoms with E-state index in [0.29, 0.717) is 23.5 Å². The Balaban J connectivity index is 1.93. The Bertz CT molecular complexity index is 1390. The second-order valence-corrected chi connectivity index (χ2v) is 10.3. The fraction of sp³-hybridized carbons (Fsp3) is 0.222. The molecule has 0 amide bonds. The summed E-state index contributed by atoms with van der Waals surface area (Å²) < 4.78 is 33.9. The van der Waals surface area contributed by atoms with Crippen LogP contribution in [0.1, 0.15) is 31.3 Å². The predicted octanol–water partition coefficient (Wildman–Crippen LogP) is 5.86. The van der Waals surface area contributed by atoms with E-state index in [2.05, 4.69) is 4.98 Å². The summed E-state index contributed by atoms with van der Waals surface area (Å²) in [6, 6.07) is 23.4. The zero-order valence-electron chi connectivity index (χ0n) is 19.5. The van der Waals surface area contributed by atoms with Gasteiger partial charge in [0.2, 0.25) is 0 Å². The molecule has 4 aromatic rings. The standard InChI is InChI=1S/C27H28N2O4S/c1-4-33-27(30)26-25(20-11-7-5-8-12-20)23-17-21(15-16-24(23)28-26)29(18-19(2)3)34(31,32)22-13-9-6-10-14-22/h5-17,19,28H,4,18H2,1-3H3. The molecule has 1 aromatic heterocycles. The van der Waals surface area contributed by atoms with Crippen LogP contribution in [0.2, 0.25) is 0 Å². The average Bonchev–Trinajstić information content (AvgIpc) is 3.22. The van der Waals surface area contributed by atoms with Crippen LogP contribution < -0.4 is 4.31 Å². The maximum absolute atomic E-state index is 13.6. The quantitative estimate of drug-likeness (QED) is 0.323. The summed E-state index contributed by atoms with van der Waals surface area (Å²) in [6.07, 6.45) is 0. The molecule has 0 spiro atoms. The smallest absolute Gasteiger partial charge is 0.355 e. The first-order valence-corrected chi connectivity index (χ1v) is 12.7. The summed E-state index contributed by atoms with van der Waals surface area (Å²) in [7, 11) is -3.78. The number of esters is 1. The van der Waals surface area contributed by atoms with Crippen LogP contribution in [0, 0.1) is 5.92 Å². The number of anilines is 1. The van der Waals surface area contributed by atoms with Crippen molar-refractivity contribution in [3.05, 3.63) is 84.6 Å². The van der Waals surface area contributed by atoms with Crippen LogP contribution in [-0.2, 0) is 14.8 Å². The van der Waals surface area contributed by atoms with E-state index >= 15 is 0 Å². The van der Waals surface area contributed by atoms with Gasteiger partial charge in [-0.25, -0.2) is 13.2 Å². The molecular weight excluding hydrogens is 448 g/mol. The van der Waals surface area contributed by atoms with E-state index in [0.717, 1.165) is 16.5 Å². The Hall–Kier alpha value is -3.58. The summed E-state index contributed by atoms with van der Waals surface area (Å²) >= 11 is 0. The van der Waals surface area contributed by atoms with Crippen molar-refractivity contribution in [3.8, 4) is 11.1 Å². The summed E-state index contributed by atoms with van der Waals surface area (Å²) in [5, 5.41) is 0.753. The lowest BCUT2D eigenvalue weighted by Crippen LogP contribution is -2.34. The maximum atomic E-state index is 13.6. The third kappa shape index (κ3) is 4.56. The highest BCUT2D eigenvalue weighted by Gasteiger charge is 2.27. The number of hydrogen-bond donors (Lipinski definition) is 1. The molecule has 7 heteroatoms. The van der Waals surface area contributed by atoms with Crippen LogP contribution in [0.15, 0.2) is 83.8 Å². The van der Waals surface area contributed by atoms with E-state index in [-0.39, 0.29) is 17.4 Å². The van der Waals surface area contributed by atoms with Gasteiger partial charge in [-0.1, -0.05) is 62.4 Å². The number of sulfonamides is 1. The van der Waals surface area contributed by atoms with Crippen molar-refractivity contribution in [2.45, 2.75) is 25.7 Å². The van der Waals surface area contributed by atoms with Gasteiger partial charge in [-0.15, -0.1) is 0 Å². The molecule has 0 saturated heterocycles. The van der Waals surface area contributed by atoms with E-state index in [1.165, 1.54) is 4.31 Å². The van der Waals surface area contributed by atoms with E-state index in [1.54, 1.807) is 43.3 Å². The first-order valence-electron chi connectivity index (χ1n) is 11.3. The highest BCUT2D eigenvalue weighted by Crippen LogP contribution is 2.36. The molecule has 3 aromatic carbocycles. The molecule has 0 atom stereocenters. The maximum Gasteiger partial charge on any atom is 0.355 e. The van der Waals surface area contributed by atoms with Crippen LogP contribution in [0.3, 0.4) is 0 Å². The minimum Gasteiger partial charge on any atom is -0.461 e. The van der Waals surface area contributed by atoms with Gasteiger partial charge in [0, 0.05) is 23.0 Å². The number of carbonyl (C=O) groups excluding carboxylic acids is 1. The highest BCUT2D eigenvalue weighted by molar-refractivity contribution is 7.92. The number of ether oxygens (including phenoxy) is 1. The highest BCUT2D eigenvalue weighted by atomic mass is 32.2. The van der Waals surface area contributed by atoms with Crippen LogP contribution in [0.4, 0.5) is 5.69 Å². The van der Waals surface area contributed by atoms with Gasteiger partial charge in [0.05, 0.1) is 17.2 Å². The molecule has 4 rings (SSSR count). The van der Waals surface area contributed by atoms with Crippen LogP contribution in [0.5, 0.6) is 0 Å². The van der Waals surface area contributed by atoms with Crippen LogP contribution in [-0.4, -0.2) is 32.5 Å². The lowest BCUT2D eigenvalue weighted by molar-refractivity contribution is 0.0521. The zero-order valence-corrected chi connectivity index (χ0v) is 20.3. The number of benzene rings is 3. The number of aromatic amines is 1. The van der Waals surface area contributed by atoms with Gasteiger partial charge < -0.3 is 9.72 Å². The molecule has 6 nitrogen and oxygen atoms in total.